The molecule has 11 heavy (non-hydrogen) atoms. The molecule has 0 fully saturated rings. The van der Waals surface area contributed by atoms with Crippen LogP contribution in [0.1, 0.15) is 6.42 Å². The summed E-state index contributed by atoms with van der Waals surface area (Å²) in [6.07, 6.45) is -1.48. The van der Waals surface area contributed by atoms with Crippen molar-refractivity contribution in [3.05, 3.63) is 11.5 Å². The summed E-state index contributed by atoms with van der Waals surface area (Å²) >= 11 is 0. The molecule has 0 aromatic carbocycles. The molecule has 0 saturated carbocycles. The van der Waals surface area contributed by atoms with Gasteiger partial charge in [0.05, 0.1) is 0 Å². The highest BCUT2D eigenvalue weighted by Gasteiger charge is 2.80. The molecule has 0 amide bonds. The lowest BCUT2D eigenvalue weighted by molar-refractivity contribution is 0.0663. The van der Waals surface area contributed by atoms with Crippen molar-refractivity contribution in [2.45, 2.75) is 11.7 Å². The van der Waals surface area contributed by atoms with Crippen LogP contribution in [0, 0.1) is 0 Å². The Balaban J connectivity index is 3.36. The third kappa shape index (κ3) is 0.935. The van der Waals surface area contributed by atoms with Crippen molar-refractivity contribution in [2.24, 2.45) is 0 Å². The van der Waals surface area contributed by atoms with Crippen molar-refractivity contribution in [2.75, 3.05) is 0 Å². The number of hydrogen-bond acceptors (Lipinski definition) is 0. The summed E-state index contributed by atoms with van der Waals surface area (Å²) in [5, 5.41) is -6.12. The molecular weight excluding hydrogens is 194 g/mol. The Bertz CT molecular complexity index is 232. The van der Waals surface area contributed by atoms with Gasteiger partial charge < -0.3 is 0 Å². The minimum Gasteiger partial charge on any atom is -0.186 e. The van der Waals surface area contributed by atoms with Crippen LogP contribution in [-0.2, 0) is 0 Å². The zero-order chi connectivity index (χ0) is 9.03. The van der Waals surface area contributed by atoms with Crippen LogP contribution in [0.4, 0.5) is 24.3 Å². The molecule has 1 heterocycles. The van der Waals surface area contributed by atoms with Gasteiger partial charge in [0, 0.05) is 11.8 Å². The fraction of sp³-hybridized carbons (Fsp3) is 0.500. The standard InChI is InChI=1S/C4H4F6S/c5-4(6)2-1-3-11(4,7,8,9)10/h1,3H,2H2. The van der Waals surface area contributed by atoms with Crippen LogP contribution in [0.25, 0.3) is 0 Å². The van der Waals surface area contributed by atoms with Crippen LogP contribution < -0.4 is 0 Å². The van der Waals surface area contributed by atoms with Gasteiger partial charge in [-0.3, -0.25) is 0 Å². The van der Waals surface area contributed by atoms with Gasteiger partial charge in [0.1, 0.15) is 0 Å². The molecule has 0 aliphatic carbocycles. The van der Waals surface area contributed by atoms with Crippen LogP contribution in [0.15, 0.2) is 11.5 Å². The molecular formula is C4H4F6S. The number of alkyl halides is 2. The summed E-state index contributed by atoms with van der Waals surface area (Å²) in [6, 6.07) is 0. The van der Waals surface area contributed by atoms with Gasteiger partial charge in [-0.2, -0.15) is 8.78 Å². The van der Waals surface area contributed by atoms with E-state index in [2.05, 4.69) is 0 Å². The fourth-order valence-corrected chi connectivity index (χ4v) is 1.78. The zero-order valence-electron chi connectivity index (χ0n) is 5.04. The van der Waals surface area contributed by atoms with E-state index in [1.54, 1.807) is 0 Å². The average Bonchev–Trinajstić information content (AvgIpc) is 1.71. The maximum atomic E-state index is 12.0. The van der Waals surface area contributed by atoms with E-state index in [0.29, 0.717) is 0 Å². The van der Waals surface area contributed by atoms with E-state index in [-0.39, 0.29) is 6.08 Å². The molecule has 0 saturated heterocycles. The lowest BCUT2D eigenvalue weighted by Gasteiger charge is -2.48. The zero-order valence-corrected chi connectivity index (χ0v) is 5.85. The van der Waals surface area contributed by atoms with Gasteiger partial charge in [-0.1, -0.05) is 6.08 Å². The maximum Gasteiger partial charge on any atom is 0.360 e. The third-order valence-corrected chi connectivity index (χ3v) is 3.50. The summed E-state index contributed by atoms with van der Waals surface area (Å²) in [6.45, 7) is 0. The highest BCUT2D eigenvalue weighted by Crippen LogP contribution is 3.05. The SMILES string of the molecule is FC1(F)CC=CS1(F)(F)(F)F. The van der Waals surface area contributed by atoms with Crippen molar-refractivity contribution >= 4 is 9.84 Å². The van der Waals surface area contributed by atoms with Crippen LogP contribution in [0.2, 0.25) is 0 Å². The molecule has 1 aliphatic heterocycles. The third-order valence-electron chi connectivity index (χ3n) is 1.35. The molecule has 0 unspecified atom stereocenters. The van der Waals surface area contributed by atoms with E-state index in [9.17, 15) is 24.3 Å². The largest absolute Gasteiger partial charge is 0.360 e. The molecule has 1 aliphatic rings. The lowest BCUT2D eigenvalue weighted by Crippen LogP contribution is -2.30. The highest BCUT2D eigenvalue weighted by molar-refractivity contribution is 8.52. The molecule has 0 spiro atoms. The number of rotatable bonds is 0. The smallest absolute Gasteiger partial charge is 0.186 e. The molecule has 0 aromatic heterocycles. The van der Waals surface area contributed by atoms with E-state index in [4.69, 9.17) is 0 Å². The lowest BCUT2D eigenvalue weighted by atomic mass is 10.4. The number of halogens is 6. The Morgan fingerprint density at radius 2 is 1.55 bits per heavy atom. The molecule has 0 N–H and O–H groups in total. The van der Waals surface area contributed by atoms with E-state index >= 15 is 0 Å². The van der Waals surface area contributed by atoms with Crippen molar-refractivity contribution in [1.82, 2.24) is 0 Å². The number of allylic oxidation sites excluding steroid dienone is 1. The predicted octanol–water partition coefficient (Wildman–Crippen LogP) is 3.91. The van der Waals surface area contributed by atoms with Crippen LogP contribution >= 0.6 is 9.84 Å². The summed E-state index contributed by atoms with van der Waals surface area (Å²) < 4.78 is 72.1. The minimum absolute atomic E-state index is 0.113. The molecule has 0 aromatic rings. The van der Waals surface area contributed by atoms with Crippen molar-refractivity contribution in [3.8, 4) is 0 Å². The van der Waals surface area contributed by atoms with Gasteiger partial charge in [0.2, 0.25) is 9.84 Å². The molecule has 1 rings (SSSR count). The molecule has 68 valence electrons. The molecule has 0 bridgehead atoms. The van der Waals surface area contributed by atoms with Crippen LogP contribution in [0.3, 0.4) is 0 Å². The average molecular weight is 198 g/mol. The van der Waals surface area contributed by atoms with Crippen molar-refractivity contribution < 1.29 is 24.3 Å². The summed E-state index contributed by atoms with van der Waals surface area (Å²) in [5.74, 6) is 0. The van der Waals surface area contributed by atoms with Crippen LogP contribution in [0.5, 0.6) is 0 Å². The second-order valence-corrected chi connectivity index (χ2v) is 5.48. The Hall–Kier alpha value is -0.330. The van der Waals surface area contributed by atoms with E-state index in [1.165, 1.54) is 0 Å². The van der Waals surface area contributed by atoms with Gasteiger partial charge in [-0.25, -0.2) is 0 Å². The maximum absolute atomic E-state index is 12.0. The summed E-state index contributed by atoms with van der Waals surface area (Å²) in [4.78, 5) is 0. The van der Waals surface area contributed by atoms with Gasteiger partial charge in [-0.15, -0.1) is 15.5 Å². The first-order chi connectivity index (χ1) is 4.48. The minimum atomic E-state index is -9.18. The first-order valence-corrected chi connectivity index (χ1v) is 4.64. The van der Waals surface area contributed by atoms with E-state index in [1.807, 2.05) is 0 Å². The normalized spacial score (nSPS) is 41.6. The first kappa shape index (κ1) is 8.76. The summed E-state index contributed by atoms with van der Waals surface area (Å²) in [7, 11) is -9.18. The Kier molecular flexibility index (Phi) is 1.03. The first-order valence-electron chi connectivity index (χ1n) is 2.53. The molecule has 0 nitrogen and oxygen atoms in total. The van der Waals surface area contributed by atoms with Gasteiger partial charge >= 0.3 is 5.25 Å². The van der Waals surface area contributed by atoms with Crippen LogP contribution in [-0.4, -0.2) is 5.25 Å². The molecule has 7 heteroatoms. The Labute approximate surface area is 58.3 Å². The number of hydrogen-bond donors (Lipinski definition) is 0. The second kappa shape index (κ2) is 1.30. The van der Waals surface area contributed by atoms with Crippen molar-refractivity contribution in [1.29, 1.82) is 0 Å². The highest BCUT2D eigenvalue weighted by atomic mass is 32.5. The fourth-order valence-electron chi connectivity index (χ4n) is 0.653. The quantitative estimate of drug-likeness (QED) is 0.517. The Morgan fingerprint density at radius 3 is 1.64 bits per heavy atom. The summed E-state index contributed by atoms with van der Waals surface area (Å²) in [5.41, 5.74) is 0. The van der Waals surface area contributed by atoms with Gasteiger partial charge in [0.15, 0.2) is 0 Å². The van der Waals surface area contributed by atoms with E-state index < -0.39 is 26.9 Å². The van der Waals surface area contributed by atoms with Gasteiger partial charge in [-0.05, 0) is 0 Å². The topological polar surface area (TPSA) is 0 Å². The Morgan fingerprint density at radius 1 is 1.09 bits per heavy atom. The van der Waals surface area contributed by atoms with Crippen molar-refractivity contribution in [3.63, 3.8) is 0 Å². The molecule has 0 radical (unpaired) electrons. The van der Waals surface area contributed by atoms with E-state index in [0.717, 1.165) is 0 Å². The predicted molar refractivity (Wildman–Crippen MR) is 30.7 cm³/mol. The monoisotopic (exact) mass is 198 g/mol. The van der Waals surface area contributed by atoms with Gasteiger partial charge in [0.25, 0.3) is 0 Å². The molecule has 0 atom stereocenters. The second-order valence-electron chi connectivity index (χ2n) is 2.35.